The lowest BCUT2D eigenvalue weighted by molar-refractivity contribution is 0.0646. The fourth-order valence-electron chi connectivity index (χ4n) is 3.30. The first-order valence-electron chi connectivity index (χ1n) is 10.6. The van der Waals surface area contributed by atoms with Crippen LogP contribution in [0.1, 0.15) is 59.1 Å². The van der Waals surface area contributed by atoms with Crippen molar-refractivity contribution < 1.29 is 10.2 Å². The molecule has 9 heteroatoms. The summed E-state index contributed by atoms with van der Waals surface area (Å²) in [4.78, 5) is 13.9. The molecule has 0 saturated carbocycles. The topological polar surface area (TPSA) is 108 Å². The van der Waals surface area contributed by atoms with Crippen molar-refractivity contribution in [1.29, 1.82) is 0 Å². The molecule has 0 aliphatic heterocycles. The van der Waals surface area contributed by atoms with Gasteiger partial charge in [-0.25, -0.2) is 4.98 Å². The highest BCUT2D eigenvalue weighted by molar-refractivity contribution is 6.30. The molecule has 168 valence electrons. The maximum Gasteiger partial charge on any atom is 0.227 e. The minimum Gasteiger partial charge on any atom is -0.508 e. The molecule has 0 aliphatic rings. The molecule has 1 aromatic carbocycles. The molecule has 2 aromatic heterocycles. The molecule has 8 nitrogen and oxygen atoms in total. The van der Waals surface area contributed by atoms with Crippen molar-refractivity contribution in [2.24, 2.45) is 0 Å². The van der Waals surface area contributed by atoms with E-state index in [-0.39, 0.29) is 17.8 Å². The number of imidazole rings is 1. The van der Waals surface area contributed by atoms with Gasteiger partial charge in [-0.15, -0.1) is 0 Å². The van der Waals surface area contributed by atoms with Gasteiger partial charge in [-0.05, 0) is 51.8 Å². The summed E-state index contributed by atoms with van der Waals surface area (Å²) in [6, 6.07) is 4.90. The van der Waals surface area contributed by atoms with E-state index >= 15 is 0 Å². The number of benzene rings is 1. The number of nitrogens with one attached hydrogen (secondary N) is 2. The van der Waals surface area contributed by atoms with Crippen molar-refractivity contribution in [2.45, 2.75) is 71.7 Å². The minimum atomic E-state index is -0.950. The Morgan fingerprint density at radius 2 is 1.90 bits per heavy atom. The van der Waals surface area contributed by atoms with Crippen molar-refractivity contribution >= 4 is 34.5 Å². The van der Waals surface area contributed by atoms with Gasteiger partial charge < -0.3 is 25.4 Å². The predicted molar refractivity (Wildman–Crippen MR) is 125 cm³/mol. The van der Waals surface area contributed by atoms with Gasteiger partial charge in [0.25, 0.3) is 0 Å². The first kappa shape index (κ1) is 23.1. The zero-order chi connectivity index (χ0) is 22.8. The number of anilines is 2. The van der Waals surface area contributed by atoms with Gasteiger partial charge >= 0.3 is 0 Å². The summed E-state index contributed by atoms with van der Waals surface area (Å²) >= 11 is 6.08. The Kier molecular flexibility index (Phi) is 6.91. The van der Waals surface area contributed by atoms with Crippen LogP contribution >= 0.6 is 11.6 Å². The van der Waals surface area contributed by atoms with Crippen molar-refractivity contribution in [1.82, 2.24) is 19.5 Å². The largest absolute Gasteiger partial charge is 0.508 e. The Balaban J connectivity index is 2.02. The van der Waals surface area contributed by atoms with Gasteiger partial charge in [0.15, 0.2) is 17.0 Å². The predicted octanol–water partition coefficient (Wildman–Crippen LogP) is 4.73. The minimum absolute atomic E-state index is 0.152. The summed E-state index contributed by atoms with van der Waals surface area (Å²) in [5.41, 5.74) is 1.06. The van der Waals surface area contributed by atoms with Gasteiger partial charge in [-0.1, -0.05) is 25.4 Å². The summed E-state index contributed by atoms with van der Waals surface area (Å²) in [7, 11) is 0. The molecule has 0 radical (unpaired) electrons. The maximum absolute atomic E-state index is 10.3. The Morgan fingerprint density at radius 1 is 1.19 bits per heavy atom. The van der Waals surface area contributed by atoms with Crippen LogP contribution in [0.2, 0.25) is 5.02 Å². The van der Waals surface area contributed by atoms with Crippen LogP contribution in [0.4, 0.5) is 11.8 Å². The van der Waals surface area contributed by atoms with E-state index < -0.39 is 5.60 Å². The fraction of sp³-hybridized carbons (Fsp3) is 0.500. The summed E-state index contributed by atoms with van der Waals surface area (Å²) in [6.45, 7) is 9.94. The number of fused-ring (bicyclic) bond motifs is 1. The number of phenols is 1. The molecule has 0 spiro atoms. The second kappa shape index (κ2) is 9.28. The van der Waals surface area contributed by atoms with Gasteiger partial charge in [-0.3, -0.25) is 0 Å². The van der Waals surface area contributed by atoms with Crippen LogP contribution in [0.25, 0.3) is 11.2 Å². The second-order valence-corrected chi connectivity index (χ2v) is 8.77. The number of aromatic nitrogens is 4. The summed E-state index contributed by atoms with van der Waals surface area (Å²) < 4.78 is 2.07. The van der Waals surface area contributed by atoms with Crippen LogP contribution in [-0.2, 0) is 6.54 Å². The third-order valence-corrected chi connectivity index (χ3v) is 5.89. The molecule has 1 unspecified atom stereocenters. The van der Waals surface area contributed by atoms with Crippen LogP contribution in [0.15, 0.2) is 24.5 Å². The van der Waals surface area contributed by atoms with Gasteiger partial charge in [-0.2, -0.15) is 9.97 Å². The van der Waals surface area contributed by atoms with Crippen LogP contribution < -0.4 is 10.6 Å². The first-order valence-corrected chi connectivity index (χ1v) is 11.0. The molecular weight excluding hydrogens is 416 g/mol. The van der Waals surface area contributed by atoms with Gasteiger partial charge in [0.1, 0.15) is 5.75 Å². The lowest BCUT2D eigenvalue weighted by Crippen LogP contribution is -2.39. The number of aliphatic hydroxyl groups is 1. The van der Waals surface area contributed by atoms with Gasteiger partial charge in [0.2, 0.25) is 5.95 Å². The molecule has 3 aromatic rings. The maximum atomic E-state index is 10.3. The molecule has 0 bridgehead atoms. The Bertz CT molecular complexity index is 1040. The summed E-state index contributed by atoms with van der Waals surface area (Å²) in [6.07, 6.45) is 3.70. The summed E-state index contributed by atoms with van der Waals surface area (Å²) in [5.74, 6) is 1.09. The highest BCUT2D eigenvalue weighted by Crippen LogP contribution is 2.28. The smallest absolute Gasteiger partial charge is 0.227 e. The van der Waals surface area contributed by atoms with E-state index in [9.17, 15) is 10.2 Å². The van der Waals surface area contributed by atoms with E-state index in [1.807, 2.05) is 6.92 Å². The van der Waals surface area contributed by atoms with Crippen LogP contribution in [0.5, 0.6) is 5.75 Å². The molecule has 0 saturated heterocycles. The zero-order valence-corrected chi connectivity index (χ0v) is 19.4. The average molecular weight is 447 g/mol. The summed E-state index contributed by atoms with van der Waals surface area (Å²) in [5, 5.41) is 27.5. The van der Waals surface area contributed by atoms with Crippen LogP contribution in [-0.4, -0.2) is 41.4 Å². The van der Waals surface area contributed by atoms with Gasteiger partial charge in [0, 0.05) is 23.2 Å². The van der Waals surface area contributed by atoms with E-state index in [4.69, 9.17) is 16.6 Å². The number of rotatable bonds is 9. The molecular formula is C22H31ClN6O2. The number of halogens is 1. The lowest BCUT2D eigenvalue weighted by atomic mass is 10.0. The van der Waals surface area contributed by atoms with Gasteiger partial charge in [0.05, 0.1) is 18.0 Å². The fourth-order valence-corrected chi connectivity index (χ4v) is 3.49. The normalized spacial score (nSPS) is 13.0. The van der Waals surface area contributed by atoms with Crippen molar-refractivity contribution in [2.75, 3.05) is 10.6 Å². The SMILES string of the molecule is CCC(CC)n1cnc2c(NCc3cc(Cl)ccc3O)nc(NC(C)C(C)(C)O)nc21. The van der Waals surface area contributed by atoms with E-state index in [0.717, 1.165) is 12.8 Å². The number of hydrogen-bond acceptors (Lipinski definition) is 7. The third kappa shape index (κ3) is 5.19. The van der Waals surface area contributed by atoms with E-state index in [1.165, 1.54) is 0 Å². The Hall–Kier alpha value is -2.58. The molecule has 4 N–H and O–H groups in total. The Labute approximate surface area is 187 Å². The highest BCUT2D eigenvalue weighted by Gasteiger charge is 2.24. The Morgan fingerprint density at radius 3 is 2.55 bits per heavy atom. The van der Waals surface area contributed by atoms with E-state index in [1.54, 1.807) is 38.4 Å². The molecule has 3 rings (SSSR count). The van der Waals surface area contributed by atoms with Crippen LogP contribution in [0.3, 0.4) is 0 Å². The average Bonchev–Trinajstić information content (AvgIpc) is 3.13. The first-order chi connectivity index (χ1) is 14.6. The number of nitrogens with zero attached hydrogens (tertiary/aromatic N) is 4. The quantitative estimate of drug-likeness (QED) is 0.376. The molecule has 0 amide bonds. The molecule has 31 heavy (non-hydrogen) atoms. The van der Waals surface area contributed by atoms with E-state index in [2.05, 4.69) is 39.0 Å². The van der Waals surface area contributed by atoms with Crippen molar-refractivity contribution in [3.05, 3.63) is 35.1 Å². The van der Waals surface area contributed by atoms with Crippen molar-refractivity contribution in [3.8, 4) is 5.75 Å². The van der Waals surface area contributed by atoms with E-state index in [0.29, 0.717) is 40.1 Å². The lowest BCUT2D eigenvalue weighted by Gasteiger charge is -2.27. The standard InChI is InChI=1S/C22H31ClN6O2/c1-6-16(7-2)29-12-25-18-19(24-11-14-10-15(23)8-9-17(14)30)27-21(28-20(18)29)26-13(3)22(4,5)31/h8-10,12-13,16,30-31H,6-7,11H2,1-5H3,(H2,24,26,27,28). The number of aromatic hydroxyl groups is 1. The highest BCUT2D eigenvalue weighted by atomic mass is 35.5. The van der Waals surface area contributed by atoms with Crippen LogP contribution in [0, 0.1) is 0 Å². The molecule has 0 aliphatic carbocycles. The van der Waals surface area contributed by atoms with Crippen molar-refractivity contribution in [3.63, 3.8) is 0 Å². The second-order valence-electron chi connectivity index (χ2n) is 8.34. The molecule has 2 heterocycles. The molecule has 1 atom stereocenters. The number of phenolic OH excluding ortho intramolecular Hbond substituents is 1. The number of hydrogen-bond donors (Lipinski definition) is 4. The zero-order valence-electron chi connectivity index (χ0n) is 18.6. The monoisotopic (exact) mass is 446 g/mol. The third-order valence-electron chi connectivity index (χ3n) is 5.65. The molecule has 0 fully saturated rings.